The van der Waals surface area contributed by atoms with E-state index in [1.54, 1.807) is 24.3 Å². The van der Waals surface area contributed by atoms with Gasteiger partial charge in [-0.3, -0.25) is 4.79 Å². The molecule has 0 heterocycles. The van der Waals surface area contributed by atoms with Crippen molar-refractivity contribution in [1.82, 2.24) is 5.32 Å². The molecular formula is C21H21NO4S. The van der Waals surface area contributed by atoms with E-state index in [1.807, 2.05) is 49.4 Å². The summed E-state index contributed by atoms with van der Waals surface area (Å²) in [5.74, 6) is 0.413. The maximum absolute atomic E-state index is 12.2. The first-order valence-corrected chi connectivity index (χ1v) is 10.4. The molecule has 140 valence electrons. The summed E-state index contributed by atoms with van der Waals surface area (Å²) in [7, 11) is -3.23. The van der Waals surface area contributed by atoms with Crippen LogP contribution in [-0.2, 0) is 14.6 Å². The normalized spacial score (nSPS) is 12.5. The Labute approximate surface area is 158 Å². The summed E-state index contributed by atoms with van der Waals surface area (Å²) in [5, 5.41) is 4.87. The lowest BCUT2D eigenvalue weighted by Crippen LogP contribution is -2.31. The Morgan fingerprint density at radius 3 is 2.37 bits per heavy atom. The van der Waals surface area contributed by atoms with Gasteiger partial charge in [-0.15, -0.1) is 0 Å². The molecule has 0 spiro atoms. The summed E-state index contributed by atoms with van der Waals surface area (Å²) in [6, 6.07) is 19.8. The van der Waals surface area contributed by atoms with Crippen molar-refractivity contribution in [3.05, 3.63) is 72.3 Å². The van der Waals surface area contributed by atoms with E-state index < -0.39 is 9.84 Å². The van der Waals surface area contributed by atoms with Crippen molar-refractivity contribution in [1.29, 1.82) is 0 Å². The molecule has 0 aliphatic heterocycles. The quantitative estimate of drug-likeness (QED) is 0.707. The van der Waals surface area contributed by atoms with Crippen LogP contribution in [0, 0.1) is 0 Å². The van der Waals surface area contributed by atoms with Gasteiger partial charge in [-0.25, -0.2) is 8.42 Å². The molecule has 0 aliphatic carbocycles. The largest absolute Gasteiger partial charge is 0.483 e. The van der Waals surface area contributed by atoms with Gasteiger partial charge in [-0.1, -0.05) is 48.5 Å². The molecule has 3 aromatic carbocycles. The average molecular weight is 383 g/mol. The molecule has 1 atom stereocenters. The highest BCUT2D eigenvalue weighted by atomic mass is 32.2. The fourth-order valence-electron chi connectivity index (χ4n) is 2.84. The number of benzene rings is 3. The monoisotopic (exact) mass is 383 g/mol. The first-order chi connectivity index (χ1) is 12.8. The Kier molecular flexibility index (Phi) is 5.46. The van der Waals surface area contributed by atoms with Gasteiger partial charge in [-0.2, -0.15) is 0 Å². The Morgan fingerprint density at radius 1 is 1.00 bits per heavy atom. The minimum atomic E-state index is -3.23. The highest BCUT2D eigenvalue weighted by molar-refractivity contribution is 7.90. The van der Waals surface area contributed by atoms with Gasteiger partial charge < -0.3 is 10.1 Å². The van der Waals surface area contributed by atoms with Gasteiger partial charge in [-0.05, 0) is 36.1 Å². The molecule has 0 radical (unpaired) electrons. The molecule has 3 aromatic rings. The second-order valence-electron chi connectivity index (χ2n) is 6.40. The van der Waals surface area contributed by atoms with E-state index in [-0.39, 0.29) is 23.5 Å². The van der Waals surface area contributed by atoms with Crippen LogP contribution in [0.15, 0.2) is 71.6 Å². The van der Waals surface area contributed by atoms with Crippen LogP contribution in [0.4, 0.5) is 0 Å². The number of hydrogen-bond acceptors (Lipinski definition) is 4. The molecule has 0 saturated heterocycles. The fraction of sp³-hybridized carbons (Fsp3) is 0.190. The van der Waals surface area contributed by atoms with E-state index in [4.69, 9.17) is 4.74 Å². The Balaban J connectivity index is 1.62. The van der Waals surface area contributed by atoms with Crippen molar-refractivity contribution in [2.45, 2.75) is 17.9 Å². The molecule has 6 heteroatoms. The van der Waals surface area contributed by atoms with Gasteiger partial charge in [0.15, 0.2) is 16.4 Å². The number of hydrogen-bond donors (Lipinski definition) is 1. The third kappa shape index (κ3) is 4.65. The molecule has 0 bridgehead atoms. The third-order valence-corrected chi connectivity index (χ3v) is 5.42. The second-order valence-corrected chi connectivity index (χ2v) is 8.41. The summed E-state index contributed by atoms with van der Waals surface area (Å²) in [6.45, 7) is 1.74. The van der Waals surface area contributed by atoms with Gasteiger partial charge in [0.25, 0.3) is 5.91 Å². The van der Waals surface area contributed by atoms with E-state index in [0.717, 1.165) is 22.6 Å². The van der Waals surface area contributed by atoms with Crippen LogP contribution in [0.3, 0.4) is 0 Å². The Morgan fingerprint density at radius 2 is 1.67 bits per heavy atom. The van der Waals surface area contributed by atoms with Crippen LogP contribution in [-0.4, -0.2) is 27.2 Å². The standard InChI is InChI=1S/C21H21NO4S/c1-15(16-10-12-18(13-11-16)27(2,24)25)22-21(23)14-26-20-9-5-7-17-6-3-4-8-19(17)20/h3-13,15H,14H2,1-2H3,(H,22,23)/t15-/m1/s1. The molecule has 0 aliphatic rings. The van der Waals surface area contributed by atoms with Crippen molar-refractivity contribution in [3.8, 4) is 5.75 Å². The highest BCUT2D eigenvalue weighted by Crippen LogP contribution is 2.25. The number of nitrogens with one attached hydrogen (secondary N) is 1. The molecule has 0 aromatic heterocycles. The van der Waals surface area contributed by atoms with Crippen molar-refractivity contribution >= 4 is 26.5 Å². The number of ether oxygens (including phenoxy) is 1. The zero-order chi connectivity index (χ0) is 19.4. The zero-order valence-corrected chi connectivity index (χ0v) is 16.0. The molecule has 3 rings (SSSR count). The number of fused-ring (bicyclic) bond motifs is 1. The molecular weight excluding hydrogens is 362 g/mol. The number of carbonyl (C=O) groups excluding carboxylic acids is 1. The van der Waals surface area contributed by atoms with Crippen molar-refractivity contribution in [2.75, 3.05) is 12.9 Å². The number of rotatable bonds is 6. The lowest BCUT2D eigenvalue weighted by Gasteiger charge is -2.15. The van der Waals surface area contributed by atoms with Crippen molar-refractivity contribution < 1.29 is 17.9 Å². The summed E-state index contributed by atoms with van der Waals surface area (Å²) in [6.07, 6.45) is 1.16. The summed E-state index contributed by atoms with van der Waals surface area (Å²) < 4.78 is 28.7. The number of sulfone groups is 1. The third-order valence-electron chi connectivity index (χ3n) is 4.29. The molecule has 0 fully saturated rings. The average Bonchev–Trinajstić information content (AvgIpc) is 2.65. The maximum atomic E-state index is 12.2. The first-order valence-electron chi connectivity index (χ1n) is 8.54. The topological polar surface area (TPSA) is 72.5 Å². The number of amides is 1. The maximum Gasteiger partial charge on any atom is 0.258 e. The summed E-state index contributed by atoms with van der Waals surface area (Å²) >= 11 is 0. The molecule has 1 N–H and O–H groups in total. The minimum absolute atomic E-state index is 0.0974. The molecule has 0 saturated carbocycles. The van der Waals surface area contributed by atoms with E-state index in [9.17, 15) is 13.2 Å². The predicted molar refractivity (Wildman–Crippen MR) is 106 cm³/mol. The first kappa shape index (κ1) is 18.9. The fourth-order valence-corrected chi connectivity index (χ4v) is 3.47. The Bertz CT molecular complexity index is 1050. The lowest BCUT2D eigenvalue weighted by atomic mass is 10.1. The summed E-state index contributed by atoms with van der Waals surface area (Å²) in [4.78, 5) is 12.5. The van der Waals surface area contributed by atoms with Gasteiger partial charge in [0.05, 0.1) is 10.9 Å². The predicted octanol–water partition coefficient (Wildman–Crippen LogP) is 3.50. The molecule has 27 heavy (non-hydrogen) atoms. The Hall–Kier alpha value is -2.86. The van der Waals surface area contributed by atoms with Crippen LogP contribution < -0.4 is 10.1 Å². The van der Waals surface area contributed by atoms with E-state index in [0.29, 0.717) is 5.75 Å². The van der Waals surface area contributed by atoms with Gasteiger partial charge in [0.1, 0.15) is 5.75 Å². The zero-order valence-electron chi connectivity index (χ0n) is 15.2. The van der Waals surface area contributed by atoms with Crippen LogP contribution in [0.2, 0.25) is 0 Å². The SMILES string of the molecule is C[C@@H](NC(=O)COc1cccc2ccccc12)c1ccc(S(C)(=O)=O)cc1. The van der Waals surface area contributed by atoms with Crippen LogP contribution in [0.1, 0.15) is 18.5 Å². The van der Waals surface area contributed by atoms with Gasteiger partial charge in [0.2, 0.25) is 0 Å². The van der Waals surface area contributed by atoms with E-state index in [1.165, 1.54) is 0 Å². The number of carbonyl (C=O) groups is 1. The van der Waals surface area contributed by atoms with Gasteiger partial charge >= 0.3 is 0 Å². The van der Waals surface area contributed by atoms with Crippen molar-refractivity contribution in [2.24, 2.45) is 0 Å². The second kappa shape index (κ2) is 7.80. The molecule has 1 amide bonds. The van der Waals surface area contributed by atoms with Crippen LogP contribution in [0.5, 0.6) is 5.75 Å². The van der Waals surface area contributed by atoms with Gasteiger partial charge in [0, 0.05) is 11.6 Å². The van der Waals surface area contributed by atoms with E-state index >= 15 is 0 Å². The van der Waals surface area contributed by atoms with Crippen LogP contribution in [0.25, 0.3) is 10.8 Å². The van der Waals surface area contributed by atoms with Crippen molar-refractivity contribution in [3.63, 3.8) is 0 Å². The minimum Gasteiger partial charge on any atom is -0.483 e. The summed E-state index contributed by atoms with van der Waals surface area (Å²) in [5.41, 5.74) is 0.820. The van der Waals surface area contributed by atoms with E-state index in [2.05, 4.69) is 5.32 Å². The molecule has 5 nitrogen and oxygen atoms in total. The highest BCUT2D eigenvalue weighted by Gasteiger charge is 2.13. The smallest absolute Gasteiger partial charge is 0.258 e. The lowest BCUT2D eigenvalue weighted by molar-refractivity contribution is -0.123. The molecule has 0 unspecified atom stereocenters. The van der Waals surface area contributed by atoms with Crippen LogP contribution >= 0.6 is 0 Å².